The van der Waals surface area contributed by atoms with E-state index in [1.807, 2.05) is 24.3 Å². The van der Waals surface area contributed by atoms with E-state index >= 15 is 0 Å². The van der Waals surface area contributed by atoms with E-state index in [4.69, 9.17) is 9.47 Å². The summed E-state index contributed by atoms with van der Waals surface area (Å²) in [5, 5.41) is 0. The number of hydrogen-bond acceptors (Lipinski definition) is 4. The van der Waals surface area contributed by atoms with E-state index in [9.17, 15) is 14.0 Å². The average Bonchev–Trinajstić information content (AvgIpc) is 2.65. The van der Waals surface area contributed by atoms with Gasteiger partial charge in [-0.2, -0.15) is 0 Å². The first-order valence-electron chi connectivity index (χ1n) is 8.39. The Balaban J connectivity index is 1.84. The van der Waals surface area contributed by atoms with Gasteiger partial charge in [0.1, 0.15) is 11.6 Å². The van der Waals surface area contributed by atoms with Gasteiger partial charge in [0.05, 0.1) is 7.11 Å². The van der Waals surface area contributed by atoms with Crippen molar-refractivity contribution < 1.29 is 23.5 Å². The molecule has 5 nitrogen and oxygen atoms in total. The third-order valence-electron chi connectivity index (χ3n) is 4.45. The van der Waals surface area contributed by atoms with Crippen LogP contribution in [-0.4, -0.2) is 36.5 Å². The molecule has 0 aromatic heterocycles. The van der Waals surface area contributed by atoms with Crippen molar-refractivity contribution in [2.24, 2.45) is 0 Å². The Hall–Kier alpha value is -2.89. The normalized spacial score (nSPS) is 17.2. The van der Waals surface area contributed by atoms with Crippen molar-refractivity contribution >= 4 is 11.9 Å². The number of benzene rings is 2. The van der Waals surface area contributed by atoms with Gasteiger partial charge in [0.2, 0.25) is 0 Å². The van der Waals surface area contributed by atoms with Gasteiger partial charge in [-0.1, -0.05) is 30.3 Å². The van der Waals surface area contributed by atoms with Crippen LogP contribution in [0.25, 0.3) is 0 Å². The number of carbonyl (C=O) groups is 2. The number of nitrogens with zero attached hydrogens (tertiary/aromatic N) is 1. The van der Waals surface area contributed by atoms with E-state index in [-0.39, 0.29) is 11.7 Å². The summed E-state index contributed by atoms with van der Waals surface area (Å²) in [5.41, 5.74) is 1.78. The largest absolute Gasteiger partial charge is 0.481 e. The highest BCUT2D eigenvalue weighted by molar-refractivity contribution is 5.88. The topological polar surface area (TPSA) is 55.8 Å². The van der Waals surface area contributed by atoms with E-state index < -0.39 is 23.9 Å². The lowest BCUT2D eigenvalue weighted by Gasteiger charge is -2.36. The van der Waals surface area contributed by atoms with Crippen molar-refractivity contribution in [3.8, 4) is 5.75 Å². The Labute approximate surface area is 151 Å². The van der Waals surface area contributed by atoms with E-state index in [2.05, 4.69) is 0 Å². The fourth-order valence-electron chi connectivity index (χ4n) is 3.20. The van der Waals surface area contributed by atoms with Crippen LogP contribution in [0.2, 0.25) is 0 Å². The zero-order valence-electron chi connectivity index (χ0n) is 14.6. The van der Waals surface area contributed by atoms with Crippen LogP contribution in [0.4, 0.5) is 4.39 Å². The van der Waals surface area contributed by atoms with Crippen molar-refractivity contribution in [2.45, 2.75) is 25.5 Å². The quantitative estimate of drug-likeness (QED) is 0.790. The molecule has 0 saturated heterocycles. The van der Waals surface area contributed by atoms with Crippen LogP contribution in [0.15, 0.2) is 48.5 Å². The molecule has 2 aromatic carbocycles. The molecule has 2 aromatic rings. The molecule has 0 saturated carbocycles. The maximum atomic E-state index is 13.3. The molecule has 0 spiro atoms. The van der Waals surface area contributed by atoms with Crippen molar-refractivity contribution in [3.05, 3.63) is 65.5 Å². The molecule has 0 fully saturated rings. The molecule has 26 heavy (non-hydrogen) atoms. The maximum Gasteiger partial charge on any atom is 0.333 e. The average molecular weight is 357 g/mol. The van der Waals surface area contributed by atoms with Crippen LogP contribution in [0.1, 0.15) is 24.1 Å². The summed E-state index contributed by atoms with van der Waals surface area (Å²) in [6.45, 7) is 1.97. The van der Waals surface area contributed by atoms with Crippen molar-refractivity contribution in [3.63, 3.8) is 0 Å². The number of ether oxygens (including phenoxy) is 2. The van der Waals surface area contributed by atoms with E-state index in [0.29, 0.717) is 13.0 Å². The monoisotopic (exact) mass is 357 g/mol. The molecule has 2 unspecified atom stereocenters. The summed E-state index contributed by atoms with van der Waals surface area (Å²) in [6, 6.07) is 12.3. The summed E-state index contributed by atoms with van der Waals surface area (Å²) >= 11 is 0. The zero-order valence-corrected chi connectivity index (χ0v) is 14.6. The molecular formula is C20H20FNO4. The van der Waals surface area contributed by atoms with Gasteiger partial charge in [-0.25, -0.2) is 9.18 Å². The third kappa shape index (κ3) is 3.54. The van der Waals surface area contributed by atoms with E-state index in [1.165, 1.54) is 30.2 Å². The van der Waals surface area contributed by atoms with E-state index in [0.717, 1.165) is 11.1 Å². The van der Waals surface area contributed by atoms with Gasteiger partial charge < -0.3 is 14.4 Å². The third-order valence-corrected chi connectivity index (χ3v) is 4.45. The second-order valence-corrected chi connectivity index (χ2v) is 6.12. The van der Waals surface area contributed by atoms with Gasteiger partial charge in [0.15, 0.2) is 12.1 Å². The minimum atomic E-state index is -0.866. The Morgan fingerprint density at radius 2 is 1.96 bits per heavy atom. The highest BCUT2D eigenvalue weighted by Crippen LogP contribution is 2.31. The van der Waals surface area contributed by atoms with Crippen LogP contribution in [0.3, 0.4) is 0 Å². The number of methoxy groups -OCH3 is 1. The molecule has 1 amide bonds. The fraction of sp³-hybridized carbons (Fsp3) is 0.300. The lowest BCUT2D eigenvalue weighted by molar-refractivity contribution is -0.156. The Kier molecular flexibility index (Phi) is 5.21. The van der Waals surface area contributed by atoms with E-state index in [1.54, 1.807) is 13.0 Å². The lowest BCUT2D eigenvalue weighted by Crippen LogP contribution is -2.48. The number of hydrogen-bond donors (Lipinski definition) is 0. The number of rotatable bonds is 4. The number of esters is 1. The first-order chi connectivity index (χ1) is 12.5. The van der Waals surface area contributed by atoms with Crippen molar-refractivity contribution in [1.82, 2.24) is 4.90 Å². The first kappa shape index (κ1) is 17.9. The maximum absolute atomic E-state index is 13.3. The van der Waals surface area contributed by atoms with Gasteiger partial charge in [0.25, 0.3) is 5.91 Å². The second kappa shape index (κ2) is 7.56. The Morgan fingerprint density at radius 1 is 1.19 bits per heavy atom. The summed E-state index contributed by atoms with van der Waals surface area (Å²) in [6.07, 6.45) is -0.225. The molecule has 1 heterocycles. The molecule has 1 aliphatic rings. The highest BCUT2D eigenvalue weighted by Gasteiger charge is 2.38. The molecule has 0 N–H and O–H groups in total. The molecule has 0 aliphatic carbocycles. The number of amides is 1. The predicted octanol–water partition coefficient (Wildman–Crippen LogP) is 2.89. The predicted molar refractivity (Wildman–Crippen MR) is 93.1 cm³/mol. The van der Waals surface area contributed by atoms with Crippen molar-refractivity contribution in [2.75, 3.05) is 13.7 Å². The highest BCUT2D eigenvalue weighted by atomic mass is 19.1. The lowest BCUT2D eigenvalue weighted by atomic mass is 9.92. The van der Waals surface area contributed by atoms with Crippen LogP contribution < -0.4 is 4.74 Å². The summed E-state index contributed by atoms with van der Waals surface area (Å²) in [5.74, 6) is -1.03. The number of fused-ring (bicyclic) bond motifs is 1. The minimum absolute atomic E-state index is 0.262. The molecule has 6 heteroatoms. The SMILES string of the molecule is COC(=O)C1c2ccccc2CCN1C(=O)C(C)Oc1cccc(F)c1. The van der Waals surface area contributed by atoms with Gasteiger partial charge >= 0.3 is 5.97 Å². The Morgan fingerprint density at radius 3 is 2.69 bits per heavy atom. The standard InChI is InChI=1S/C20H20FNO4/c1-13(26-16-8-5-7-15(21)12-16)19(23)22-11-10-14-6-3-4-9-17(14)18(22)20(24)25-2/h3-9,12-13,18H,10-11H2,1-2H3. The van der Waals surface area contributed by atoms with Crippen LogP contribution in [-0.2, 0) is 20.7 Å². The van der Waals surface area contributed by atoms with Gasteiger partial charge in [0, 0.05) is 12.6 Å². The fourth-order valence-corrected chi connectivity index (χ4v) is 3.20. The first-order valence-corrected chi connectivity index (χ1v) is 8.39. The van der Waals surface area contributed by atoms with Gasteiger partial charge in [-0.3, -0.25) is 4.79 Å². The van der Waals surface area contributed by atoms with Crippen LogP contribution in [0.5, 0.6) is 5.75 Å². The molecule has 3 rings (SSSR count). The van der Waals surface area contributed by atoms with Gasteiger partial charge in [-0.05, 0) is 36.6 Å². The minimum Gasteiger partial charge on any atom is -0.481 e. The van der Waals surface area contributed by atoms with Crippen molar-refractivity contribution in [1.29, 1.82) is 0 Å². The molecule has 0 bridgehead atoms. The molecule has 0 radical (unpaired) electrons. The molecular weight excluding hydrogens is 337 g/mol. The Bertz CT molecular complexity index is 823. The number of halogens is 1. The van der Waals surface area contributed by atoms with Crippen LogP contribution in [0, 0.1) is 5.82 Å². The summed E-state index contributed by atoms with van der Waals surface area (Å²) < 4.78 is 23.8. The molecule has 136 valence electrons. The molecule has 1 aliphatic heterocycles. The molecule has 2 atom stereocenters. The second-order valence-electron chi connectivity index (χ2n) is 6.12. The summed E-state index contributed by atoms with van der Waals surface area (Å²) in [7, 11) is 1.30. The summed E-state index contributed by atoms with van der Waals surface area (Å²) in [4.78, 5) is 26.8. The zero-order chi connectivity index (χ0) is 18.7. The number of carbonyl (C=O) groups excluding carboxylic acids is 2. The van der Waals surface area contributed by atoms with Crippen LogP contribution >= 0.6 is 0 Å². The smallest absolute Gasteiger partial charge is 0.333 e. The van der Waals surface area contributed by atoms with Gasteiger partial charge in [-0.15, -0.1) is 0 Å².